The Kier molecular flexibility index (Phi) is 4.97. The molecular weight excluding hydrogens is 300 g/mol. The van der Waals surface area contributed by atoms with E-state index in [0.717, 1.165) is 7.05 Å². The van der Waals surface area contributed by atoms with Crippen LogP contribution in [-0.2, 0) is 19.4 Å². The number of aryl methyl sites for hydroxylation is 1. The van der Waals surface area contributed by atoms with E-state index in [1.165, 1.54) is 6.92 Å². The van der Waals surface area contributed by atoms with E-state index >= 15 is 0 Å². The molecule has 122 valence electrons. The van der Waals surface area contributed by atoms with Gasteiger partial charge in [-0.3, -0.25) is 4.68 Å². The van der Waals surface area contributed by atoms with Gasteiger partial charge in [0.1, 0.15) is 5.69 Å². The van der Waals surface area contributed by atoms with Crippen LogP contribution in [0.1, 0.15) is 49.6 Å². The molecule has 3 nitrogen and oxygen atoms in total. The van der Waals surface area contributed by atoms with Gasteiger partial charge in [-0.05, 0) is 25.7 Å². The first-order valence-corrected chi connectivity index (χ1v) is 6.32. The Morgan fingerprint density at radius 2 is 1.57 bits per heavy atom. The van der Waals surface area contributed by atoms with Crippen LogP contribution in [0, 0.1) is 0 Å². The summed E-state index contributed by atoms with van der Waals surface area (Å²) in [5.41, 5.74) is 1.87. The fraction of sp³-hybridized carbons (Fsp3) is 0.750. The summed E-state index contributed by atoms with van der Waals surface area (Å²) in [4.78, 5) is 0. The summed E-state index contributed by atoms with van der Waals surface area (Å²) in [6, 6.07) is -0.298. The number of nitrogens with zero attached hydrogens (tertiary/aromatic N) is 2. The van der Waals surface area contributed by atoms with Crippen LogP contribution in [-0.4, -0.2) is 15.8 Å². The first-order valence-electron chi connectivity index (χ1n) is 6.32. The first-order chi connectivity index (χ1) is 9.35. The van der Waals surface area contributed by atoms with Crippen LogP contribution in [0.25, 0.3) is 0 Å². The second-order valence-corrected chi connectivity index (χ2v) is 5.19. The molecule has 0 radical (unpaired) electrons. The quantitative estimate of drug-likeness (QED) is 0.861. The van der Waals surface area contributed by atoms with Gasteiger partial charge < -0.3 is 5.73 Å². The lowest BCUT2D eigenvalue weighted by Gasteiger charge is -2.18. The van der Waals surface area contributed by atoms with Gasteiger partial charge >= 0.3 is 12.4 Å². The molecule has 0 bridgehead atoms. The van der Waals surface area contributed by atoms with Crippen LogP contribution in [0.2, 0.25) is 0 Å². The molecule has 0 saturated heterocycles. The Balaban J connectivity index is 3.37. The molecule has 0 fully saturated rings. The molecule has 0 aromatic carbocycles. The third kappa shape index (κ3) is 4.12. The van der Waals surface area contributed by atoms with Crippen LogP contribution in [0.4, 0.5) is 26.3 Å². The van der Waals surface area contributed by atoms with Crippen molar-refractivity contribution in [3.05, 3.63) is 17.0 Å². The summed E-state index contributed by atoms with van der Waals surface area (Å²) in [5.74, 6) is -0.946. The van der Waals surface area contributed by atoms with Crippen molar-refractivity contribution in [1.82, 2.24) is 9.78 Å². The number of nitrogens with two attached hydrogens (primary N) is 1. The normalized spacial score (nSPS) is 16.1. The highest BCUT2D eigenvalue weighted by atomic mass is 19.4. The third-order valence-electron chi connectivity index (χ3n) is 3.17. The molecule has 0 amide bonds. The molecular formula is C12H17F6N3. The zero-order valence-electron chi connectivity index (χ0n) is 11.8. The lowest BCUT2D eigenvalue weighted by atomic mass is 9.92. The highest BCUT2D eigenvalue weighted by molar-refractivity contribution is 5.34. The maximum Gasteiger partial charge on any atom is 0.435 e. The van der Waals surface area contributed by atoms with Gasteiger partial charge in [0.15, 0.2) is 5.69 Å². The molecule has 0 spiro atoms. The number of hydrogen-bond donors (Lipinski definition) is 1. The SMILES string of the molecule is CC(N)CCC(C)c1c(C(F)(F)F)nn(C)c1C(F)(F)F. The maximum atomic E-state index is 13.0. The molecule has 2 atom stereocenters. The minimum Gasteiger partial charge on any atom is -0.328 e. The highest BCUT2D eigenvalue weighted by Crippen LogP contribution is 2.43. The molecule has 2 N–H and O–H groups in total. The van der Waals surface area contributed by atoms with E-state index in [9.17, 15) is 26.3 Å². The second-order valence-electron chi connectivity index (χ2n) is 5.19. The first kappa shape index (κ1) is 17.8. The molecule has 9 heteroatoms. The molecule has 1 heterocycles. The Morgan fingerprint density at radius 1 is 1.05 bits per heavy atom. The number of aromatic nitrogens is 2. The number of hydrogen-bond acceptors (Lipinski definition) is 2. The zero-order chi connectivity index (χ0) is 16.6. The van der Waals surface area contributed by atoms with Gasteiger partial charge in [-0.15, -0.1) is 0 Å². The molecule has 1 rings (SSSR count). The van der Waals surface area contributed by atoms with Crippen LogP contribution in [0.3, 0.4) is 0 Å². The zero-order valence-corrected chi connectivity index (χ0v) is 11.8. The summed E-state index contributed by atoms with van der Waals surface area (Å²) in [6.45, 7) is 2.97. The average Bonchev–Trinajstić information content (AvgIpc) is 2.62. The van der Waals surface area contributed by atoms with Crippen molar-refractivity contribution in [1.29, 1.82) is 0 Å². The second kappa shape index (κ2) is 5.86. The third-order valence-corrected chi connectivity index (χ3v) is 3.17. The van der Waals surface area contributed by atoms with Crippen molar-refractivity contribution >= 4 is 0 Å². The molecule has 0 saturated carbocycles. The van der Waals surface area contributed by atoms with Gasteiger partial charge in [-0.2, -0.15) is 31.4 Å². The van der Waals surface area contributed by atoms with Crippen molar-refractivity contribution in [2.24, 2.45) is 12.8 Å². The van der Waals surface area contributed by atoms with Gasteiger partial charge in [0, 0.05) is 18.7 Å². The lowest BCUT2D eigenvalue weighted by Crippen LogP contribution is -2.19. The van der Waals surface area contributed by atoms with E-state index < -0.39 is 35.2 Å². The Labute approximate surface area is 118 Å². The standard InChI is InChI=1S/C12H17F6N3/c1-6(4-5-7(2)19)8-9(11(13,14)15)20-21(3)10(8)12(16,17)18/h6-7H,4-5,19H2,1-3H3. The van der Waals surface area contributed by atoms with Crippen molar-refractivity contribution in [3.8, 4) is 0 Å². The topological polar surface area (TPSA) is 43.8 Å². The summed E-state index contributed by atoms with van der Waals surface area (Å²) < 4.78 is 78.1. The predicted octanol–water partition coefficient (Wildman–Crippen LogP) is 3.69. The van der Waals surface area contributed by atoms with E-state index in [1.54, 1.807) is 6.92 Å². The molecule has 21 heavy (non-hydrogen) atoms. The smallest absolute Gasteiger partial charge is 0.328 e. The average molecular weight is 317 g/mol. The largest absolute Gasteiger partial charge is 0.435 e. The molecule has 1 aromatic rings. The van der Waals surface area contributed by atoms with Gasteiger partial charge in [-0.1, -0.05) is 6.92 Å². The Hall–Kier alpha value is -1.25. The predicted molar refractivity (Wildman–Crippen MR) is 64.5 cm³/mol. The highest BCUT2D eigenvalue weighted by Gasteiger charge is 2.46. The van der Waals surface area contributed by atoms with Crippen LogP contribution in [0.5, 0.6) is 0 Å². The van der Waals surface area contributed by atoms with Crippen LogP contribution >= 0.6 is 0 Å². The number of halogens is 6. The molecule has 0 aliphatic rings. The van der Waals surface area contributed by atoms with Crippen LogP contribution < -0.4 is 5.73 Å². The van der Waals surface area contributed by atoms with Gasteiger partial charge in [-0.25, -0.2) is 0 Å². The van der Waals surface area contributed by atoms with Gasteiger partial charge in [0.25, 0.3) is 0 Å². The van der Waals surface area contributed by atoms with E-state index in [4.69, 9.17) is 5.73 Å². The summed E-state index contributed by atoms with van der Waals surface area (Å²) >= 11 is 0. The molecule has 0 aliphatic carbocycles. The molecule has 2 unspecified atom stereocenters. The number of rotatable bonds is 4. The molecule has 1 aromatic heterocycles. The Morgan fingerprint density at radius 3 is 1.95 bits per heavy atom. The lowest BCUT2D eigenvalue weighted by molar-refractivity contribution is -0.145. The van der Waals surface area contributed by atoms with E-state index in [-0.39, 0.29) is 17.1 Å². The number of alkyl halides is 6. The fourth-order valence-electron chi connectivity index (χ4n) is 2.21. The van der Waals surface area contributed by atoms with Crippen molar-refractivity contribution in [3.63, 3.8) is 0 Å². The monoisotopic (exact) mass is 317 g/mol. The van der Waals surface area contributed by atoms with Gasteiger partial charge in [0.2, 0.25) is 0 Å². The van der Waals surface area contributed by atoms with Crippen molar-refractivity contribution in [2.75, 3.05) is 0 Å². The summed E-state index contributed by atoms with van der Waals surface area (Å²) in [6.07, 6.45) is -9.39. The van der Waals surface area contributed by atoms with E-state index in [0.29, 0.717) is 6.42 Å². The fourth-order valence-corrected chi connectivity index (χ4v) is 2.21. The van der Waals surface area contributed by atoms with E-state index in [2.05, 4.69) is 5.10 Å². The minimum atomic E-state index is -4.93. The van der Waals surface area contributed by atoms with E-state index in [1.807, 2.05) is 0 Å². The maximum absolute atomic E-state index is 13.0. The molecule has 0 aliphatic heterocycles. The summed E-state index contributed by atoms with van der Waals surface area (Å²) in [5, 5.41) is 3.04. The summed E-state index contributed by atoms with van der Waals surface area (Å²) in [7, 11) is 0.861. The Bertz CT molecular complexity index is 486. The van der Waals surface area contributed by atoms with Crippen molar-refractivity contribution in [2.45, 2.75) is 51.0 Å². The van der Waals surface area contributed by atoms with Crippen molar-refractivity contribution < 1.29 is 26.3 Å². The van der Waals surface area contributed by atoms with Crippen LogP contribution in [0.15, 0.2) is 0 Å². The van der Waals surface area contributed by atoms with Gasteiger partial charge in [0.05, 0.1) is 0 Å². The minimum absolute atomic E-state index is 0.121.